The molecule has 0 spiro atoms. The van der Waals surface area contributed by atoms with Crippen LogP contribution in [0.25, 0.3) is 0 Å². The summed E-state index contributed by atoms with van der Waals surface area (Å²) in [5, 5.41) is 8.85. The van der Waals surface area contributed by atoms with E-state index in [1.165, 1.54) is 18.2 Å². The lowest BCUT2D eigenvalue weighted by Gasteiger charge is -2.06. The molecule has 0 fully saturated rings. The lowest BCUT2D eigenvalue weighted by Crippen LogP contribution is -2.08. The molecule has 0 aliphatic carbocycles. The number of carbonyl (C=O) groups is 2. The van der Waals surface area contributed by atoms with Gasteiger partial charge in [0.25, 0.3) is 0 Å². The summed E-state index contributed by atoms with van der Waals surface area (Å²) in [6.07, 6.45) is 0. The van der Waals surface area contributed by atoms with Crippen LogP contribution >= 0.6 is 0 Å². The van der Waals surface area contributed by atoms with Crippen LogP contribution in [0.3, 0.4) is 0 Å². The van der Waals surface area contributed by atoms with Gasteiger partial charge in [0, 0.05) is 5.69 Å². The Balaban J connectivity index is 2.06. The Morgan fingerprint density at radius 1 is 1.10 bits per heavy atom. The smallest absolute Gasteiger partial charge is 0.338 e. The Labute approximate surface area is 115 Å². The Hall–Kier alpha value is -2.82. The molecule has 0 aromatic heterocycles. The number of carbonyl (C=O) groups excluding carboxylic acids is 1. The summed E-state index contributed by atoms with van der Waals surface area (Å²) in [4.78, 5) is 22.6. The lowest BCUT2D eigenvalue weighted by molar-refractivity contribution is 0.0472. The van der Waals surface area contributed by atoms with Gasteiger partial charge in [-0.3, -0.25) is 0 Å². The summed E-state index contributed by atoms with van der Waals surface area (Å²) in [5.41, 5.74) is 6.67. The van der Waals surface area contributed by atoms with E-state index in [1.807, 2.05) is 30.3 Å². The number of carboxylic acid groups (broad SMARTS) is 1. The summed E-state index contributed by atoms with van der Waals surface area (Å²) >= 11 is 0. The molecular weight excluding hydrogens is 258 g/mol. The van der Waals surface area contributed by atoms with Crippen molar-refractivity contribution in [3.8, 4) is 0 Å². The highest BCUT2D eigenvalue weighted by Gasteiger charge is 2.13. The minimum Gasteiger partial charge on any atom is -0.478 e. The van der Waals surface area contributed by atoms with Crippen molar-refractivity contribution in [2.24, 2.45) is 0 Å². The standard InChI is InChI=1S/C15H13NO4/c16-13-8-11(6-7-12(13)14(17)18)15(19)20-9-10-4-2-1-3-5-10/h1-8H,9,16H2,(H,17,18). The average molecular weight is 271 g/mol. The summed E-state index contributed by atoms with van der Waals surface area (Å²) in [5.74, 6) is -1.68. The van der Waals surface area contributed by atoms with E-state index in [-0.39, 0.29) is 23.4 Å². The van der Waals surface area contributed by atoms with Gasteiger partial charge in [-0.15, -0.1) is 0 Å². The van der Waals surface area contributed by atoms with Crippen molar-refractivity contribution >= 4 is 17.6 Å². The van der Waals surface area contributed by atoms with Crippen molar-refractivity contribution in [2.45, 2.75) is 6.61 Å². The van der Waals surface area contributed by atoms with Gasteiger partial charge in [-0.1, -0.05) is 30.3 Å². The zero-order valence-corrected chi connectivity index (χ0v) is 10.6. The van der Waals surface area contributed by atoms with Gasteiger partial charge in [-0.25, -0.2) is 9.59 Å². The van der Waals surface area contributed by atoms with Crippen molar-refractivity contribution in [1.29, 1.82) is 0 Å². The van der Waals surface area contributed by atoms with Gasteiger partial charge >= 0.3 is 11.9 Å². The molecule has 0 aliphatic rings. The van der Waals surface area contributed by atoms with Crippen LogP contribution in [0.15, 0.2) is 48.5 Å². The third-order valence-corrected chi connectivity index (χ3v) is 2.73. The van der Waals surface area contributed by atoms with E-state index in [0.717, 1.165) is 5.56 Å². The fraction of sp³-hybridized carbons (Fsp3) is 0.0667. The first kappa shape index (κ1) is 13.6. The summed E-state index contributed by atoms with van der Waals surface area (Å²) in [6.45, 7) is 0.153. The van der Waals surface area contributed by atoms with Gasteiger partial charge in [-0.2, -0.15) is 0 Å². The third-order valence-electron chi connectivity index (χ3n) is 2.73. The van der Waals surface area contributed by atoms with E-state index in [2.05, 4.69) is 0 Å². The number of esters is 1. The van der Waals surface area contributed by atoms with Crippen LogP contribution in [-0.4, -0.2) is 17.0 Å². The van der Waals surface area contributed by atoms with Crippen LogP contribution < -0.4 is 5.73 Å². The van der Waals surface area contributed by atoms with Crippen LogP contribution in [0.4, 0.5) is 5.69 Å². The highest BCUT2D eigenvalue weighted by atomic mass is 16.5. The Morgan fingerprint density at radius 3 is 2.40 bits per heavy atom. The molecule has 5 heteroatoms. The summed E-state index contributed by atoms with van der Waals surface area (Å²) in [6, 6.07) is 13.2. The van der Waals surface area contributed by atoms with Gasteiger partial charge in [0.05, 0.1) is 11.1 Å². The number of hydrogen-bond acceptors (Lipinski definition) is 4. The lowest BCUT2D eigenvalue weighted by atomic mass is 10.1. The molecule has 5 nitrogen and oxygen atoms in total. The highest BCUT2D eigenvalue weighted by molar-refractivity contribution is 5.97. The number of nitrogens with two attached hydrogens (primary N) is 1. The fourth-order valence-electron chi connectivity index (χ4n) is 1.69. The molecule has 0 heterocycles. The first-order chi connectivity index (χ1) is 9.58. The van der Waals surface area contributed by atoms with Gasteiger partial charge in [0.2, 0.25) is 0 Å². The summed E-state index contributed by atoms with van der Waals surface area (Å²) in [7, 11) is 0. The number of ether oxygens (including phenoxy) is 1. The molecule has 0 radical (unpaired) electrons. The second-order valence-electron chi connectivity index (χ2n) is 4.17. The van der Waals surface area contributed by atoms with Crippen LogP contribution in [0, 0.1) is 0 Å². The Kier molecular flexibility index (Phi) is 4.00. The molecule has 0 saturated heterocycles. The van der Waals surface area contributed by atoms with Crippen LogP contribution in [0.1, 0.15) is 26.3 Å². The monoisotopic (exact) mass is 271 g/mol. The maximum Gasteiger partial charge on any atom is 0.338 e. The highest BCUT2D eigenvalue weighted by Crippen LogP contribution is 2.15. The number of hydrogen-bond donors (Lipinski definition) is 2. The molecule has 2 aromatic carbocycles. The van der Waals surface area contributed by atoms with E-state index >= 15 is 0 Å². The normalized spacial score (nSPS) is 10.0. The van der Waals surface area contributed by atoms with E-state index in [4.69, 9.17) is 15.6 Å². The maximum absolute atomic E-state index is 11.8. The topological polar surface area (TPSA) is 89.6 Å². The minimum atomic E-state index is -1.13. The Morgan fingerprint density at radius 2 is 1.80 bits per heavy atom. The third kappa shape index (κ3) is 3.14. The van der Waals surface area contributed by atoms with Crippen molar-refractivity contribution in [3.05, 3.63) is 65.2 Å². The molecule has 2 rings (SSSR count). The zero-order valence-electron chi connectivity index (χ0n) is 10.6. The molecule has 20 heavy (non-hydrogen) atoms. The van der Waals surface area contributed by atoms with Crippen molar-refractivity contribution in [2.75, 3.05) is 5.73 Å². The molecule has 0 atom stereocenters. The average Bonchev–Trinajstić information content (AvgIpc) is 2.45. The number of benzene rings is 2. The Bertz CT molecular complexity index is 638. The number of anilines is 1. The zero-order chi connectivity index (χ0) is 14.5. The predicted molar refractivity (Wildman–Crippen MR) is 73.4 cm³/mol. The van der Waals surface area contributed by atoms with Crippen LogP contribution in [0.5, 0.6) is 0 Å². The molecule has 3 N–H and O–H groups in total. The first-order valence-corrected chi connectivity index (χ1v) is 5.92. The largest absolute Gasteiger partial charge is 0.478 e. The molecule has 0 bridgehead atoms. The van der Waals surface area contributed by atoms with Crippen molar-refractivity contribution in [3.63, 3.8) is 0 Å². The van der Waals surface area contributed by atoms with Crippen LogP contribution in [0.2, 0.25) is 0 Å². The van der Waals surface area contributed by atoms with Crippen molar-refractivity contribution < 1.29 is 19.4 Å². The SMILES string of the molecule is Nc1cc(C(=O)OCc2ccccc2)ccc1C(=O)O. The molecule has 0 amide bonds. The molecular formula is C15H13NO4. The molecule has 0 aliphatic heterocycles. The number of nitrogen functional groups attached to an aromatic ring is 1. The van der Waals surface area contributed by atoms with Gasteiger partial charge in [0.1, 0.15) is 6.61 Å². The fourth-order valence-corrected chi connectivity index (χ4v) is 1.69. The van der Waals surface area contributed by atoms with E-state index in [1.54, 1.807) is 0 Å². The van der Waals surface area contributed by atoms with E-state index in [0.29, 0.717) is 0 Å². The van der Waals surface area contributed by atoms with Gasteiger partial charge in [0.15, 0.2) is 0 Å². The number of rotatable bonds is 4. The molecule has 0 unspecified atom stereocenters. The van der Waals surface area contributed by atoms with Gasteiger partial charge in [-0.05, 0) is 23.8 Å². The number of aromatic carboxylic acids is 1. The molecule has 102 valence electrons. The van der Waals surface area contributed by atoms with E-state index in [9.17, 15) is 9.59 Å². The molecule has 0 saturated carbocycles. The minimum absolute atomic E-state index is 0.0339. The van der Waals surface area contributed by atoms with Crippen LogP contribution in [-0.2, 0) is 11.3 Å². The van der Waals surface area contributed by atoms with E-state index < -0.39 is 11.9 Å². The number of carboxylic acids is 1. The molecule has 2 aromatic rings. The predicted octanol–water partition coefficient (Wildman–Crippen LogP) is 2.32. The summed E-state index contributed by atoms with van der Waals surface area (Å²) < 4.78 is 5.13. The maximum atomic E-state index is 11.8. The quantitative estimate of drug-likeness (QED) is 0.658. The second-order valence-corrected chi connectivity index (χ2v) is 4.17. The van der Waals surface area contributed by atoms with Crippen molar-refractivity contribution in [1.82, 2.24) is 0 Å². The van der Waals surface area contributed by atoms with Gasteiger partial charge < -0.3 is 15.6 Å². The first-order valence-electron chi connectivity index (χ1n) is 5.92. The second kappa shape index (κ2) is 5.88.